The van der Waals surface area contributed by atoms with Crippen LogP contribution in [0.1, 0.15) is 298 Å². The van der Waals surface area contributed by atoms with Gasteiger partial charge in [0.2, 0.25) is 6.10 Å². The van der Waals surface area contributed by atoms with Gasteiger partial charge in [0.1, 0.15) is 24.4 Å². The van der Waals surface area contributed by atoms with Gasteiger partial charge in [0.25, 0.3) is 0 Å². The summed E-state index contributed by atoms with van der Waals surface area (Å²) >= 11 is 0. The van der Waals surface area contributed by atoms with Crippen LogP contribution in [0.15, 0.2) is 0 Å². The zero-order chi connectivity index (χ0) is 82.7. The third-order valence-corrected chi connectivity index (χ3v) is 29.7. The van der Waals surface area contributed by atoms with E-state index in [2.05, 4.69) is 35.0 Å². The van der Waals surface area contributed by atoms with Gasteiger partial charge in [-0.2, -0.15) is 0 Å². The number of cyclic esters (lactones) is 4. The molecule has 17 unspecified atom stereocenters. The van der Waals surface area contributed by atoms with Crippen LogP contribution in [0.5, 0.6) is 0 Å². The summed E-state index contributed by atoms with van der Waals surface area (Å²) < 4.78 is 55.8. The molecule has 17 atom stereocenters. The molecule has 0 aromatic rings. The molecule has 6 saturated heterocycles. The first-order valence-electron chi connectivity index (χ1n) is 42.7. The molecule has 0 amide bonds. The van der Waals surface area contributed by atoms with E-state index in [0.717, 1.165) is 127 Å². The lowest BCUT2D eigenvalue weighted by molar-refractivity contribution is -0.169. The van der Waals surface area contributed by atoms with Gasteiger partial charge in [-0.05, 0) is 264 Å². The molecule has 0 aromatic carbocycles. The zero-order valence-electron chi connectivity index (χ0n) is 72.1. The minimum absolute atomic E-state index is 0.0231. The highest BCUT2D eigenvalue weighted by Gasteiger charge is 2.65. The van der Waals surface area contributed by atoms with Crippen molar-refractivity contribution in [3.63, 3.8) is 0 Å². The number of fused-ring (bicyclic) bond motifs is 15. The lowest BCUT2D eigenvalue weighted by Gasteiger charge is -2.42. The monoisotopic (exact) mass is 1570 g/mol. The number of esters is 11. The van der Waals surface area contributed by atoms with Gasteiger partial charge in [0.15, 0.2) is 0 Å². The fourth-order valence-corrected chi connectivity index (χ4v) is 19.8. The van der Waals surface area contributed by atoms with Crippen LogP contribution in [-0.4, -0.2) is 137 Å². The van der Waals surface area contributed by atoms with Gasteiger partial charge in [-0.15, -0.1) is 0 Å². The molecular weight excluding hydrogens is 1420 g/mol. The minimum atomic E-state index is -0.666. The van der Waals surface area contributed by atoms with Crippen LogP contribution >= 0.6 is 0 Å². The van der Waals surface area contributed by atoms with Crippen molar-refractivity contribution < 1.29 is 105 Å². The highest BCUT2D eigenvalue weighted by Crippen LogP contribution is 2.66. The largest absolute Gasteiger partial charge is 0.469 e. The molecule has 0 radical (unpaired) electrons. The molecule has 0 aromatic heterocycles. The van der Waals surface area contributed by atoms with E-state index < -0.39 is 22.5 Å². The highest BCUT2D eigenvalue weighted by molar-refractivity contribution is 5.84. The summed E-state index contributed by atoms with van der Waals surface area (Å²) in [5.41, 5.74) is -2.58. The Bertz CT molecular complexity index is 3150. The molecule has 6 heterocycles. The van der Waals surface area contributed by atoms with Crippen LogP contribution in [0.2, 0.25) is 0 Å². The van der Waals surface area contributed by atoms with Crippen LogP contribution in [0, 0.1) is 127 Å². The SMILES string of the molecule is CC1C2CC(C3C(=O)OCC23)C1(C)C.CCC(C)(C)C(=O)OC.CCC(C)(C)C(=O)OC.CCC(C)(C)C(=O)OC.CCC(C)(C)C(=O)OC1C(=O)OC2CCCC21.CCC(C)(C)C(=O)OCC1(C)CC2(CCCCC2)C(=O)O1.O=C1OC2CCCC1C2.O=C1OCC2C3CCC(C3)C12.O=C1OCC2C3CCC(CC3)C12. The number of hydrogen-bond acceptors (Lipinski definition) is 22. The molecule has 0 N–H and O–H groups in total. The van der Waals surface area contributed by atoms with Crippen molar-refractivity contribution in [2.24, 2.45) is 127 Å². The predicted octanol–water partition coefficient (Wildman–Crippen LogP) is 16.5. The van der Waals surface area contributed by atoms with E-state index in [0.29, 0.717) is 72.2 Å². The number of methoxy groups -OCH3 is 3. The smallest absolute Gasteiger partial charge is 0.348 e. The third kappa shape index (κ3) is 21.6. The Kier molecular flexibility index (Phi) is 31.9. The third-order valence-electron chi connectivity index (χ3n) is 29.7. The van der Waals surface area contributed by atoms with Crippen molar-refractivity contribution in [1.82, 2.24) is 0 Å². The normalized spacial score (nSPS) is 33.7. The van der Waals surface area contributed by atoms with Crippen molar-refractivity contribution in [2.75, 3.05) is 47.8 Å². The molecule has 632 valence electrons. The van der Waals surface area contributed by atoms with Crippen LogP contribution < -0.4 is 0 Å². The number of carbonyl (C=O) groups is 11. The van der Waals surface area contributed by atoms with E-state index >= 15 is 0 Å². The van der Waals surface area contributed by atoms with Crippen LogP contribution in [0.25, 0.3) is 0 Å². The van der Waals surface area contributed by atoms with E-state index in [1.165, 1.54) is 85.5 Å². The summed E-state index contributed by atoms with van der Waals surface area (Å²) in [6.45, 7) is 39.7. The maximum absolute atomic E-state index is 12.3. The van der Waals surface area contributed by atoms with E-state index in [4.69, 9.17) is 37.9 Å². The van der Waals surface area contributed by atoms with Gasteiger partial charge in [0.05, 0.1) is 97.3 Å². The summed E-state index contributed by atoms with van der Waals surface area (Å²) in [5.74, 6) is 7.05. The summed E-state index contributed by atoms with van der Waals surface area (Å²) in [6.07, 6.45) is 27.0. The lowest BCUT2D eigenvalue weighted by atomic mass is 9.60. The maximum atomic E-state index is 12.3. The lowest BCUT2D eigenvalue weighted by Crippen LogP contribution is -2.40. The van der Waals surface area contributed by atoms with E-state index in [9.17, 15) is 52.7 Å². The Morgan fingerprint density at radius 1 is 0.432 bits per heavy atom. The fourth-order valence-electron chi connectivity index (χ4n) is 19.8. The van der Waals surface area contributed by atoms with Crippen molar-refractivity contribution >= 4 is 65.7 Å². The number of carbonyl (C=O) groups excluding carboxylic acids is 11. The second-order valence-corrected chi connectivity index (χ2v) is 39.0. The van der Waals surface area contributed by atoms with Crippen LogP contribution in [0.3, 0.4) is 0 Å². The average Bonchev–Trinajstić information content (AvgIpc) is 1.55. The molecule has 16 rings (SSSR count). The molecular formula is C89H144O22. The standard InChI is InChI=1S/C17H28O4.C13H20O4.C12H18O2.C10H14O2.C9H12O2.C7H10O2.3C7H14O2/c1-5-15(2,3)13(18)20-12-16(4)11-17(14(19)21-16)9-7-6-8-10-17;1-4-13(2,3)12(15)17-10-8-6-5-7-9(8)16-11(10)14;1-6-7-4-9(12(6,2)3)10-8(7)5-14-11(10)13;11-10-9-7-3-1-6(2-4-7)8(9)5-12-10;10-9-8-6-2-1-5(3-6)7(8)4-11-9;8-7-5-2-1-3-6(4-5)9-7;3*1-5-7(2,3)6(8)9-4/h5-12H2,1-4H3;8-10H,4-7H2,1-3H3;6-10H,4-5H2,1-3H3;6-9H,1-5H2;5-8H,1-4H2;5-6H,1-4H2;3*5H2,1-4H3. The molecule has 10 saturated carbocycles. The molecule has 1 spiro atoms. The summed E-state index contributed by atoms with van der Waals surface area (Å²) in [4.78, 5) is 126. The number of hydrogen-bond donors (Lipinski definition) is 0. The number of rotatable bonds is 13. The first-order valence-corrected chi connectivity index (χ1v) is 42.7. The molecule has 22 nitrogen and oxygen atoms in total. The zero-order valence-corrected chi connectivity index (χ0v) is 72.1. The Labute approximate surface area is 664 Å². The first kappa shape index (κ1) is 92.3. The van der Waals surface area contributed by atoms with Crippen molar-refractivity contribution in [2.45, 2.75) is 322 Å². The second kappa shape index (κ2) is 38.3. The van der Waals surface area contributed by atoms with E-state index in [1.807, 2.05) is 111 Å². The molecule has 22 heteroatoms. The molecule has 6 aliphatic heterocycles. The predicted molar refractivity (Wildman–Crippen MR) is 416 cm³/mol. The van der Waals surface area contributed by atoms with Crippen molar-refractivity contribution in [3.05, 3.63) is 0 Å². The average molecular weight is 1570 g/mol. The quantitative estimate of drug-likeness (QED) is 0.122. The Morgan fingerprint density at radius 2 is 0.883 bits per heavy atom. The van der Waals surface area contributed by atoms with Gasteiger partial charge in [-0.25, -0.2) is 4.79 Å². The molecule has 8 bridgehead atoms. The van der Waals surface area contributed by atoms with Crippen LogP contribution in [0.4, 0.5) is 0 Å². The van der Waals surface area contributed by atoms with Crippen LogP contribution in [-0.2, 0) is 105 Å². The topological polar surface area (TPSA) is 289 Å². The van der Waals surface area contributed by atoms with Gasteiger partial charge < -0.3 is 52.1 Å². The Morgan fingerprint density at radius 3 is 1.36 bits per heavy atom. The fraction of sp³-hybridized carbons (Fsp3) is 0.876. The molecule has 10 aliphatic carbocycles. The van der Waals surface area contributed by atoms with Gasteiger partial charge in [0, 0.05) is 30.1 Å². The highest BCUT2D eigenvalue weighted by atomic mass is 16.6. The Balaban J connectivity index is 0.000000176. The summed E-state index contributed by atoms with van der Waals surface area (Å²) in [7, 11) is 4.25. The number of ether oxygens (including phenoxy) is 11. The van der Waals surface area contributed by atoms with Gasteiger partial charge in [-0.1, -0.05) is 74.7 Å². The van der Waals surface area contributed by atoms with Crippen molar-refractivity contribution in [3.8, 4) is 0 Å². The maximum Gasteiger partial charge on any atom is 0.348 e. The molecule has 16 fully saturated rings. The van der Waals surface area contributed by atoms with Crippen molar-refractivity contribution in [1.29, 1.82) is 0 Å². The summed E-state index contributed by atoms with van der Waals surface area (Å²) in [6, 6.07) is 0. The van der Waals surface area contributed by atoms with E-state index in [-0.39, 0.29) is 124 Å². The summed E-state index contributed by atoms with van der Waals surface area (Å²) in [5, 5.41) is 0. The van der Waals surface area contributed by atoms with Gasteiger partial charge >= 0.3 is 65.7 Å². The Hall–Kier alpha value is -5.83. The second-order valence-electron chi connectivity index (χ2n) is 39.0. The molecule has 16 aliphatic rings. The van der Waals surface area contributed by atoms with Gasteiger partial charge in [-0.3, -0.25) is 47.9 Å². The minimum Gasteiger partial charge on any atom is -0.469 e. The molecule has 111 heavy (non-hydrogen) atoms. The van der Waals surface area contributed by atoms with E-state index in [1.54, 1.807) is 0 Å². The first-order chi connectivity index (χ1) is 51.9.